The topological polar surface area (TPSA) is 145 Å². The Balaban J connectivity index is 0.000000758. The summed E-state index contributed by atoms with van der Waals surface area (Å²) in [6.07, 6.45) is -0.193. The molecule has 3 aromatic rings. The highest BCUT2D eigenvalue weighted by Crippen LogP contribution is 2.37. The Hall–Kier alpha value is -3.92. The third-order valence-electron chi connectivity index (χ3n) is 5.20. The molecule has 0 aliphatic carbocycles. The van der Waals surface area contributed by atoms with Crippen molar-refractivity contribution in [3.8, 4) is 11.4 Å². The zero-order valence-electron chi connectivity index (χ0n) is 19.7. The molecule has 0 unspecified atom stereocenters. The van der Waals surface area contributed by atoms with E-state index in [1.54, 1.807) is 30.7 Å². The highest BCUT2D eigenvalue weighted by molar-refractivity contribution is 5.90. The molecular formula is C24H30FN5O4. The van der Waals surface area contributed by atoms with Gasteiger partial charge in [0.05, 0.1) is 34.7 Å². The number of halogens is 1. The van der Waals surface area contributed by atoms with E-state index in [1.807, 2.05) is 13.8 Å². The van der Waals surface area contributed by atoms with Gasteiger partial charge in [-0.05, 0) is 43.4 Å². The van der Waals surface area contributed by atoms with E-state index in [0.29, 0.717) is 29.0 Å². The molecule has 0 radical (unpaired) electrons. The number of hydrogen-bond acceptors (Lipinski definition) is 7. The van der Waals surface area contributed by atoms with Crippen LogP contribution in [0.5, 0.6) is 0 Å². The predicted octanol–water partition coefficient (Wildman–Crippen LogP) is 3.48. The number of hydrogen-bond donors (Lipinski definition) is 4. The number of fused-ring (bicyclic) bond motifs is 4. The second-order valence-corrected chi connectivity index (χ2v) is 7.21. The molecule has 0 saturated carbocycles. The van der Waals surface area contributed by atoms with Gasteiger partial charge in [0.2, 0.25) is 0 Å². The Morgan fingerprint density at radius 1 is 1.35 bits per heavy atom. The molecule has 10 heteroatoms. The van der Waals surface area contributed by atoms with Gasteiger partial charge < -0.3 is 31.2 Å². The Kier molecular flexibility index (Phi) is 8.74. The van der Waals surface area contributed by atoms with Crippen molar-refractivity contribution in [1.82, 2.24) is 14.9 Å². The fraction of sp³-hybridized carbons (Fsp3) is 0.292. The van der Waals surface area contributed by atoms with Gasteiger partial charge in [-0.1, -0.05) is 20.4 Å². The number of ether oxygens (including phenoxy) is 1. The van der Waals surface area contributed by atoms with E-state index in [2.05, 4.69) is 27.4 Å². The Bertz CT molecular complexity index is 1290. The number of carboxylic acid groups (broad SMARTS) is 1. The van der Waals surface area contributed by atoms with Gasteiger partial charge in [0, 0.05) is 23.6 Å². The second kappa shape index (κ2) is 11.3. The van der Waals surface area contributed by atoms with E-state index >= 15 is 0 Å². The van der Waals surface area contributed by atoms with Crippen molar-refractivity contribution < 1.29 is 19.0 Å². The van der Waals surface area contributed by atoms with Crippen LogP contribution in [0.1, 0.15) is 36.1 Å². The van der Waals surface area contributed by atoms with Crippen LogP contribution < -0.4 is 22.3 Å². The predicted molar refractivity (Wildman–Crippen MR) is 131 cm³/mol. The number of nitrogens with two attached hydrogens (primary N) is 2. The number of rotatable bonds is 4. The lowest BCUT2D eigenvalue weighted by Gasteiger charge is -2.12. The maximum absolute atomic E-state index is 14.0. The van der Waals surface area contributed by atoms with Gasteiger partial charge in [0.15, 0.2) is 0 Å². The fourth-order valence-electron chi connectivity index (χ4n) is 3.80. The molecule has 2 aromatic heterocycles. The minimum absolute atomic E-state index is 0.0354. The Morgan fingerprint density at radius 3 is 2.59 bits per heavy atom. The number of nitrogens with zero attached hydrogens (tertiary/aromatic N) is 2. The van der Waals surface area contributed by atoms with Crippen molar-refractivity contribution in [2.24, 2.45) is 5.73 Å². The van der Waals surface area contributed by atoms with E-state index in [0.717, 1.165) is 16.5 Å². The molecule has 0 spiro atoms. The summed E-state index contributed by atoms with van der Waals surface area (Å²) < 4.78 is 20.2. The van der Waals surface area contributed by atoms with Gasteiger partial charge in [-0.25, -0.2) is 14.2 Å². The molecule has 0 amide bonds. The molecule has 0 saturated heterocycles. The summed E-state index contributed by atoms with van der Waals surface area (Å²) in [7, 11) is 1.80. The molecule has 1 aromatic carbocycles. The van der Waals surface area contributed by atoms with E-state index < -0.39 is 12.0 Å². The van der Waals surface area contributed by atoms with Crippen molar-refractivity contribution in [1.29, 1.82) is 0 Å². The summed E-state index contributed by atoms with van der Waals surface area (Å²) in [4.78, 5) is 28.3. The summed E-state index contributed by atoms with van der Waals surface area (Å²) in [6, 6.07) is 4.64. The van der Waals surface area contributed by atoms with Gasteiger partial charge in [0.25, 0.3) is 5.56 Å². The lowest BCUT2D eigenvalue weighted by molar-refractivity contribution is 0.0848. The third-order valence-corrected chi connectivity index (χ3v) is 5.20. The van der Waals surface area contributed by atoms with Crippen LogP contribution in [-0.4, -0.2) is 27.9 Å². The Labute approximate surface area is 196 Å². The quantitative estimate of drug-likeness (QED) is 0.261. The van der Waals surface area contributed by atoms with Crippen LogP contribution in [0, 0.1) is 12.7 Å². The molecule has 6 N–H and O–H groups in total. The maximum atomic E-state index is 14.0. The van der Waals surface area contributed by atoms with Gasteiger partial charge in [-0.15, -0.1) is 0 Å². The van der Waals surface area contributed by atoms with E-state index in [-0.39, 0.29) is 30.0 Å². The van der Waals surface area contributed by atoms with E-state index in [4.69, 9.17) is 10.8 Å². The Morgan fingerprint density at radius 2 is 2.00 bits per heavy atom. The number of pyridine rings is 2. The van der Waals surface area contributed by atoms with Gasteiger partial charge in [-0.2, -0.15) is 0 Å². The van der Waals surface area contributed by atoms with Crippen molar-refractivity contribution >= 4 is 22.7 Å². The number of nitrogens with one attached hydrogen (secondary N) is 1. The molecule has 1 aliphatic rings. The molecular weight excluding hydrogens is 441 g/mol. The lowest BCUT2D eigenvalue weighted by atomic mass is 9.99. The van der Waals surface area contributed by atoms with Crippen molar-refractivity contribution in [3.63, 3.8) is 0 Å². The van der Waals surface area contributed by atoms with Crippen LogP contribution in [0.2, 0.25) is 0 Å². The highest BCUT2D eigenvalue weighted by Gasteiger charge is 2.28. The number of aryl methyl sites for hydroxylation is 1. The first kappa shape index (κ1) is 26.3. The zero-order chi connectivity index (χ0) is 25.6. The average Bonchev–Trinajstić information content (AvgIpc) is 3.15. The summed E-state index contributed by atoms with van der Waals surface area (Å²) in [5.41, 5.74) is 14.4. The number of aromatic nitrogens is 2. The first-order chi connectivity index (χ1) is 16.2. The highest BCUT2D eigenvalue weighted by atomic mass is 19.1. The van der Waals surface area contributed by atoms with E-state index in [1.165, 1.54) is 12.3 Å². The summed E-state index contributed by atoms with van der Waals surface area (Å²) in [5.74, 6) is -0.548. The monoisotopic (exact) mass is 471 g/mol. The van der Waals surface area contributed by atoms with Gasteiger partial charge in [-0.3, -0.25) is 4.79 Å². The van der Waals surface area contributed by atoms with Crippen LogP contribution in [0.3, 0.4) is 0 Å². The standard InChI is InChI=1S/C20H19FN4O4.C2H5N.C2H6/c1-9-3-17-18-12(7-25(17)19(26)13(9)8-29-20(27)28)11(6-23-2)10-4-15(22)14(21)5-16(10)24-18;1-2-3;1-2/h3-5,23H,6-8,22H2,1-2H3,(H,27,28);2H,1,3H2;1-2H3. The number of anilines is 1. The van der Waals surface area contributed by atoms with Crippen LogP contribution in [0.15, 0.2) is 35.8 Å². The normalized spacial score (nSPS) is 10.9. The number of nitrogen functional groups attached to an aromatic ring is 1. The molecule has 1 aliphatic heterocycles. The summed E-state index contributed by atoms with van der Waals surface area (Å²) >= 11 is 0. The second-order valence-electron chi connectivity index (χ2n) is 7.21. The van der Waals surface area contributed by atoms with Gasteiger partial charge in [0.1, 0.15) is 12.4 Å². The number of benzene rings is 1. The lowest BCUT2D eigenvalue weighted by Crippen LogP contribution is -2.25. The minimum Gasteiger partial charge on any atom is -0.450 e. The van der Waals surface area contributed by atoms with Crippen molar-refractivity contribution in [2.75, 3.05) is 12.8 Å². The average molecular weight is 472 g/mol. The number of carbonyl (C=O) groups is 1. The van der Waals surface area contributed by atoms with E-state index in [9.17, 15) is 14.0 Å². The molecule has 0 atom stereocenters. The minimum atomic E-state index is -1.44. The summed E-state index contributed by atoms with van der Waals surface area (Å²) in [6.45, 7) is 9.30. The molecule has 9 nitrogen and oxygen atoms in total. The summed E-state index contributed by atoms with van der Waals surface area (Å²) in [5, 5.41) is 12.6. The molecule has 3 heterocycles. The molecule has 182 valence electrons. The molecule has 4 rings (SSSR count). The third kappa shape index (κ3) is 5.01. The molecule has 34 heavy (non-hydrogen) atoms. The zero-order valence-corrected chi connectivity index (χ0v) is 19.7. The van der Waals surface area contributed by atoms with Crippen LogP contribution in [-0.2, 0) is 24.4 Å². The maximum Gasteiger partial charge on any atom is 0.506 e. The molecule has 0 bridgehead atoms. The smallest absolute Gasteiger partial charge is 0.450 e. The first-order valence-corrected chi connectivity index (χ1v) is 10.7. The van der Waals surface area contributed by atoms with Crippen LogP contribution in [0.25, 0.3) is 22.3 Å². The van der Waals surface area contributed by atoms with Crippen molar-refractivity contribution in [2.45, 2.75) is 40.5 Å². The molecule has 0 fully saturated rings. The largest absolute Gasteiger partial charge is 0.506 e. The SMILES string of the molecule is C=CN.CC.CNCc1c2c(nc3cc(F)c(N)cc13)-c1cc(C)c(COC(=O)O)c(=O)n1C2. The van der Waals surface area contributed by atoms with Crippen LogP contribution in [0.4, 0.5) is 14.9 Å². The van der Waals surface area contributed by atoms with Crippen molar-refractivity contribution in [3.05, 3.63) is 69.4 Å². The first-order valence-electron chi connectivity index (χ1n) is 10.7. The van der Waals surface area contributed by atoms with Gasteiger partial charge >= 0.3 is 6.16 Å². The van der Waals surface area contributed by atoms with Crippen LogP contribution >= 0.6 is 0 Å². The fourth-order valence-corrected chi connectivity index (χ4v) is 3.80.